The number of piperidine rings is 1. The van der Waals surface area contributed by atoms with Crippen molar-refractivity contribution in [2.24, 2.45) is 5.92 Å². The van der Waals surface area contributed by atoms with Crippen LogP contribution >= 0.6 is 0 Å². The molecule has 0 aliphatic carbocycles. The normalized spacial score (nSPS) is 26.3. The van der Waals surface area contributed by atoms with Crippen LogP contribution in [0.5, 0.6) is 0 Å². The molecule has 7 nitrogen and oxygen atoms in total. The minimum absolute atomic E-state index is 0.0585. The number of benzene rings is 1. The van der Waals surface area contributed by atoms with Gasteiger partial charge in [-0.3, -0.25) is 14.5 Å². The van der Waals surface area contributed by atoms with Crippen molar-refractivity contribution in [1.82, 2.24) is 19.6 Å². The molecule has 4 rings (SSSR count). The largest absolute Gasteiger partial charge is 0.373 e. The number of amides is 2. The molecule has 176 valence electrons. The molecule has 3 aliphatic heterocycles. The van der Waals surface area contributed by atoms with Gasteiger partial charge in [0.25, 0.3) is 5.91 Å². The SMILES string of the molecule is CC1CN(Cc2ccc(C(=O)N3CCC(C(=O)N4CCN(C)CC4)CC3)cc2)CC(C)O1. The second-order valence-electron chi connectivity index (χ2n) is 9.84. The summed E-state index contributed by atoms with van der Waals surface area (Å²) in [6, 6.07) is 8.04. The van der Waals surface area contributed by atoms with Crippen LogP contribution in [0.2, 0.25) is 0 Å². The van der Waals surface area contributed by atoms with Gasteiger partial charge in [0.2, 0.25) is 5.91 Å². The van der Waals surface area contributed by atoms with Gasteiger partial charge in [-0.15, -0.1) is 0 Å². The first-order valence-corrected chi connectivity index (χ1v) is 12.1. The van der Waals surface area contributed by atoms with Crippen molar-refractivity contribution in [3.63, 3.8) is 0 Å². The smallest absolute Gasteiger partial charge is 0.253 e. The van der Waals surface area contributed by atoms with Gasteiger partial charge in [-0.2, -0.15) is 0 Å². The molecule has 0 aromatic heterocycles. The van der Waals surface area contributed by atoms with Crippen molar-refractivity contribution in [2.45, 2.75) is 45.4 Å². The molecule has 0 saturated carbocycles. The lowest BCUT2D eigenvalue weighted by Gasteiger charge is -2.37. The van der Waals surface area contributed by atoms with Crippen molar-refractivity contribution in [2.75, 3.05) is 59.4 Å². The van der Waals surface area contributed by atoms with Crippen molar-refractivity contribution in [3.8, 4) is 0 Å². The maximum atomic E-state index is 13.0. The molecule has 0 bridgehead atoms. The monoisotopic (exact) mass is 442 g/mol. The van der Waals surface area contributed by atoms with E-state index < -0.39 is 0 Å². The van der Waals surface area contributed by atoms with Crippen LogP contribution < -0.4 is 0 Å². The molecule has 3 fully saturated rings. The summed E-state index contributed by atoms with van der Waals surface area (Å²) in [5, 5.41) is 0. The van der Waals surface area contributed by atoms with E-state index >= 15 is 0 Å². The number of likely N-dealkylation sites (N-methyl/N-ethyl adjacent to an activating group) is 1. The summed E-state index contributed by atoms with van der Waals surface area (Å²) in [6.07, 6.45) is 2.04. The molecular weight excluding hydrogens is 404 g/mol. The number of nitrogens with zero attached hydrogens (tertiary/aromatic N) is 4. The van der Waals surface area contributed by atoms with Crippen LogP contribution in [-0.4, -0.2) is 103 Å². The van der Waals surface area contributed by atoms with E-state index in [4.69, 9.17) is 4.74 Å². The Morgan fingerprint density at radius 1 is 0.875 bits per heavy atom. The third-order valence-electron chi connectivity index (χ3n) is 7.05. The van der Waals surface area contributed by atoms with Gasteiger partial charge in [0.15, 0.2) is 0 Å². The summed E-state index contributed by atoms with van der Waals surface area (Å²) in [5.41, 5.74) is 1.96. The molecule has 1 aromatic carbocycles. The predicted molar refractivity (Wildman–Crippen MR) is 124 cm³/mol. The second-order valence-corrected chi connectivity index (χ2v) is 9.84. The van der Waals surface area contributed by atoms with Crippen molar-refractivity contribution >= 4 is 11.8 Å². The Balaban J connectivity index is 1.26. The first-order chi connectivity index (χ1) is 15.4. The number of hydrogen-bond donors (Lipinski definition) is 0. The van der Waals surface area contributed by atoms with Crippen LogP contribution in [0.3, 0.4) is 0 Å². The third-order valence-corrected chi connectivity index (χ3v) is 7.05. The molecule has 2 amide bonds. The lowest BCUT2D eigenvalue weighted by atomic mass is 9.94. The van der Waals surface area contributed by atoms with Gasteiger partial charge in [0, 0.05) is 70.4 Å². The minimum atomic E-state index is 0.0585. The summed E-state index contributed by atoms with van der Waals surface area (Å²) in [5.74, 6) is 0.417. The van der Waals surface area contributed by atoms with Gasteiger partial charge in [0.1, 0.15) is 0 Å². The van der Waals surface area contributed by atoms with Crippen molar-refractivity contribution in [3.05, 3.63) is 35.4 Å². The lowest BCUT2D eigenvalue weighted by molar-refractivity contribution is -0.138. The number of piperazine rings is 1. The Kier molecular flexibility index (Phi) is 7.48. The Labute approximate surface area is 192 Å². The van der Waals surface area contributed by atoms with E-state index in [0.717, 1.165) is 64.2 Å². The summed E-state index contributed by atoms with van der Waals surface area (Å²) in [6.45, 7) is 11.9. The maximum Gasteiger partial charge on any atom is 0.253 e. The molecule has 32 heavy (non-hydrogen) atoms. The zero-order valence-electron chi connectivity index (χ0n) is 19.8. The molecule has 3 aliphatic rings. The molecule has 0 N–H and O–H groups in total. The number of hydrogen-bond acceptors (Lipinski definition) is 5. The van der Waals surface area contributed by atoms with Crippen LogP contribution in [0.4, 0.5) is 0 Å². The quantitative estimate of drug-likeness (QED) is 0.713. The number of ether oxygens (including phenoxy) is 1. The molecule has 3 saturated heterocycles. The molecule has 3 heterocycles. The highest BCUT2D eigenvalue weighted by molar-refractivity contribution is 5.94. The highest BCUT2D eigenvalue weighted by atomic mass is 16.5. The van der Waals surface area contributed by atoms with Gasteiger partial charge in [0.05, 0.1) is 12.2 Å². The van der Waals surface area contributed by atoms with Gasteiger partial charge in [-0.25, -0.2) is 0 Å². The summed E-state index contributed by atoms with van der Waals surface area (Å²) < 4.78 is 5.82. The number of likely N-dealkylation sites (tertiary alicyclic amines) is 1. The Bertz CT molecular complexity index is 773. The Morgan fingerprint density at radius 2 is 1.47 bits per heavy atom. The molecule has 2 unspecified atom stereocenters. The van der Waals surface area contributed by atoms with E-state index in [-0.39, 0.29) is 29.9 Å². The van der Waals surface area contributed by atoms with Crippen LogP contribution in [0.25, 0.3) is 0 Å². The van der Waals surface area contributed by atoms with E-state index in [1.807, 2.05) is 21.9 Å². The Hall–Kier alpha value is -1.96. The summed E-state index contributed by atoms with van der Waals surface area (Å²) in [7, 11) is 2.10. The lowest BCUT2D eigenvalue weighted by Crippen LogP contribution is -2.51. The van der Waals surface area contributed by atoms with Gasteiger partial charge in [-0.1, -0.05) is 12.1 Å². The van der Waals surface area contributed by atoms with Crippen molar-refractivity contribution in [1.29, 1.82) is 0 Å². The first kappa shape index (κ1) is 23.2. The second kappa shape index (κ2) is 10.3. The third kappa shape index (κ3) is 5.69. The van der Waals surface area contributed by atoms with E-state index in [0.29, 0.717) is 13.1 Å². The number of carbonyl (C=O) groups is 2. The maximum absolute atomic E-state index is 13.0. The average molecular weight is 443 g/mol. The fourth-order valence-electron chi connectivity index (χ4n) is 5.22. The average Bonchev–Trinajstić information content (AvgIpc) is 2.79. The van der Waals surface area contributed by atoms with E-state index in [1.54, 1.807) is 0 Å². The van der Waals surface area contributed by atoms with Gasteiger partial charge in [-0.05, 0) is 51.4 Å². The molecule has 0 radical (unpaired) electrons. The zero-order valence-corrected chi connectivity index (χ0v) is 19.8. The zero-order chi connectivity index (χ0) is 22.7. The standard InChI is InChI=1S/C25H38N4O3/c1-19-16-27(17-20(2)32-19)18-21-4-6-22(7-5-21)24(30)28-10-8-23(9-11-28)25(31)29-14-12-26(3)13-15-29/h4-7,19-20,23H,8-18H2,1-3H3. The first-order valence-electron chi connectivity index (χ1n) is 12.1. The van der Waals surface area contributed by atoms with Gasteiger partial charge >= 0.3 is 0 Å². The fourth-order valence-corrected chi connectivity index (χ4v) is 5.22. The number of morpholine rings is 1. The minimum Gasteiger partial charge on any atom is -0.373 e. The molecule has 0 spiro atoms. The van der Waals surface area contributed by atoms with Crippen LogP contribution in [0.1, 0.15) is 42.6 Å². The summed E-state index contributed by atoms with van der Waals surface area (Å²) >= 11 is 0. The van der Waals surface area contributed by atoms with Crippen LogP contribution in [-0.2, 0) is 16.1 Å². The highest BCUT2D eigenvalue weighted by Crippen LogP contribution is 2.22. The number of rotatable bonds is 4. The van der Waals surface area contributed by atoms with E-state index in [9.17, 15) is 9.59 Å². The van der Waals surface area contributed by atoms with E-state index in [2.05, 4.69) is 42.8 Å². The summed E-state index contributed by atoms with van der Waals surface area (Å²) in [4.78, 5) is 34.4. The molecule has 1 aromatic rings. The highest BCUT2D eigenvalue weighted by Gasteiger charge is 2.31. The van der Waals surface area contributed by atoms with Crippen molar-refractivity contribution < 1.29 is 14.3 Å². The molecular formula is C25H38N4O3. The van der Waals surface area contributed by atoms with Crippen LogP contribution in [0.15, 0.2) is 24.3 Å². The number of carbonyl (C=O) groups excluding carboxylic acids is 2. The topological polar surface area (TPSA) is 56.3 Å². The Morgan fingerprint density at radius 3 is 2.06 bits per heavy atom. The fraction of sp³-hybridized carbons (Fsp3) is 0.680. The molecule has 7 heteroatoms. The molecule has 2 atom stereocenters. The van der Waals surface area contributed by atoms with Crippen LogP contribution in [0, 0.1) is 5.92 Å². The predicted octanol–water partition coefficient (Wildman–Crippen LogP) is 1.92. The van der Waals surface area contributed by atoms with E-state index in [1.165, 1.54) is 5.56 Å². The van der Waals surface area contributed by atoms with Gasteiger partial charge < -0.3 is 19.4 Å².